The monoisotopic (exact) mass is 239 g/mol. The number of H-pyrrole nitrogens is 2. The van der Waals surface area contributed by atoms with Crippen LogP contribution in [-0.4, -0.2) is 41.4 Å². The number of hydrogen-bond donors (Lipinski definition) is 3. The minimum atomic E-state index is -0.569. The van der Waals surface area contributed by atoms with Crippen molar-refractivity contribution in [3.05, 3.63) is 20.8 Å². The lowest BCUT2D eigenvalue weighted by atomic mass is 10.0. The van der Waals surface area contributed by atoms with Gasteiger partial charge in [0.2, 0.25) is 5.82 Å². The second-order valence-corrected chi connectivity index (χ2v) is 4.23. The summed E-state index contributed by atoms with van der Waals surface area (Å²) in [5.74, 6) is 0.310. The molecule has 17 heavy (non-hydrogen) atoms. The first-order chi connectivity index (χ1) is 8.22. The molecule has 1 atom stereocenters. The first-order valence-corrected chi connectivity index (χ1v) is 5.82. The average molecular weight is 239 g/mol. The van der Waals surface area contributed by atoms with E-state index in [1.165, 1.54) is 0 Å². The van der Waals surface area contributed by atoms with Gasteiger partial charge in [-0.2, -0.15) is 0 Å². The summed E-state index contributed by atoms with van der Waals surface area (Å²) in [6.07, 6.45) is 3.23. The Kier molecular flexibility index (Phi) is 3.58. The zero-order chi connectivity index (χ0) is 12.3. The lowest BCUT2D eigenvalue weighted by Crippen LogP contribution is -2.48. The summed E-state index contributed by atoms with van der Waals surface area (Å²) in [4.78, 5) is 26.8. The predicted octanol–water partition coefficient (Wildman–Crippen LogP) is -0.963. The summed E-state index contributed by atoms with van der Waals surface area (Å²) < 4.78 is 0. The molecular formula is C10H17N5O2. The van der Waals surface area contributed by atoms with E-state index in [1.54, 1.807) is 0 Å². The molecule has 1 fully saturated rings. The molecule has 3 N–H and O–H groups in total. The number of nitrogens with zero attached hydrogens (tertiary/aromatic N) is 2. The molecule has 7 nitrogen and oxygen atoms in total. The number of hydrogen-bond acceptors (Lipinski definition) is 5. The van der Waals surface area contributed by atoms with Crippen molar-refractivity contribution in [1.29, 1.82) is 0 Å². The molecule has 2 heterocycles. The van der Waals surface area contributed by atoms with Crippen molar-refractivity contribution in [1.82, 2.24) is 20.5 Å². The highest BCUT2D eigenvalue weighted by Crippen LogP contribution is 2.19. The van der Waals surface area contributed by atoms with Gasteiger partial charge < -0.3 is 10.2 Å². The van der Waals surface area contributed by atoms with Gasteiger partial charge in [0.1, 0.15) is 0 Å². The molecule has 1 unspecified atom stereocenters. The quantitative estimate of drug-likeness (QED) is 0.631. The van der Waals surface area contributed by atoms with Gasteiger partial charge in [0.15, 0.2) is 0 Å². The Hall–Kier alpha value is -1.63. The summed E-state index contributed by atoms with van der Waals surface area (Å²) in [6, 6.07) is 0.258. The molecule has 1 saturated heterocycles. The first-order valence-electron chi connectivity index (χ1n) is 5.82. The van der Waals surface area contributed by atoms with Gasteiger partial charge in [-0.3, -0.25) is 9.78 Å². The standard InChI is InChI=1S/C10H17N5O2/c1-11-6-7-4-2-3-5-15(7)8-9(16)12-10(17)14-13-8/h7,11H,2-6H2,1H3,(H2,12,14,16,17). The number of piperidine rings is 1. The summed E-state index contributed by atoms with van der Waals surface area (Å²) in [5.41, 5.74) is -0.988. The van der Waals surface area contributed by atoms with E-state index in [2.05, 4.69) is 20.5 Å². The van der Waals surface area contributed by atoms with E-state index in [0.29, 0.717) is 5.82 Å². The Morgan fingerprint density at radius 2 is 2.29 bits per heavy atom. The molecule has 1 aliphatic heterocycles. The van der Waals surface area contributed by atoms with Crippen molar-refractivity contribution in [2.45, 2.75) is 25.3 Å². The lowest BCUT2D eigenvalue weighted by molar-refractivity contribution is 0.440. The van der Waals surface area contributed by atoms with Crippen molar-refractivity contribution in [2.75, 3.05) is 25.0 Å². The van der Waals surface area contributed by atoms with Gasteiger partial charge in [0.25, 0.3) is 5.56 Å². The van der Waals surface area contributed by atoms with E-state index >= 15 is 0 Å². The van der Waals surface area contributed by atoms with Crippen LogP contribution in [0.15, 0.2) is 9.59 Å². The zero-order valence-electron chi connectivity index (χ0n) is 9.82. The van der Waals surface area contributed by atoms with Crippen molar-refractivity contribution in [2.24, 2.45) is 0 Å². The predicted molar refractivity (Wildman–Crippen MR) is 64.4 cm³/mol. The third kappa shape index (κ3) is 2.55. The molecule has 2 rings (SSSR count). The third-order valence-electron chi connectivity index (χ3n) is 3.03. The maximum atomic E-state index is 11.7. The number of nitrogens with one attached hydrogen (secondary N) is 3. The zero-order valence-corrected chi connectivity index (χ0v) is 9.82. The fourth-order valence-corrected chi connectivity index (χ4v) is 2.26. The summed E-state index contributed by atoms with van der Waals surface area (Å²) in [7, 11) is 1.89. The van der Waals surface area contributed by atoms with E-state index < -0.39 is 11.2 Å². The number of aromatic amines is 2. The molecule has 0 radical (unpaired) electrons. The molecule has 0 saturated carbocycles. The van der Waals surface area contributed by atoms with E-state index in [4.69, 9.17) is 0 Å². The summed E-state index contributed by atoms with van der Waals surface area (Å²) >= 11 is 0. The smallest absolute Gasteiger partial charge is 0.342 e. The number of anilines is 1. The van der Waals surface area contributed by atoms with Crippen LogP contribution in [0.3, 0.4) is 0 Å². The third-order valence-corrected chi connectivity index (χ3v) is 3.03. The van der Waals surface area contributed by atoms with Crippen LogP contribution >= 0.6 is 0 Å². The fraction of sp³-hybridized carbons (Fsp3) is 0.700. The molecule has 0 aliphatic carbocycles. The molecule has 0 bridgehead atoms. The van der Waals surface area contributed by atoms with Crippen molar-refractivity contribution in [3.8, 4) is 0 Å². The molecule has 1 aliphatic rings. The number of likely N-dealkylation sites (N-methyl/N-ethyl adjacent to an activating group) is 1. The topological polar surface area (TPSA) is 93.9 Å². The van der Waals surface area contributed by atoms with Gasteiger partial charge in [-0.1, -0.05) is 0 Å². The highest BCUT2D eigenvalue weighted by Gasteiger charge is 2.25. The van der Waals surface area contributed by atoms with Gasteiger partial charge >= 0.3 is 5.69 Å². The molecule has 1 aromatic heterocycles. The molecule has 0 amide bonds. The largest absolute Gasteiger partial charge is 0.346 e. The minimum Gasteiger partial charge on any atom is -0.346 e. The van der Waals surface area contributed by atoms with Crippen LogP contribution < -0.4 is 21.5 Å². The maximum absolute atomic E-state index is 11.7. The Morgan fingerprint density at radius 3 is 3.00 bits per heavy atom. The van der Waals surface area contributed by atoms with Gasteiger partial charge in [-0.25, -0.2) is 9.89 Å². The van der Waals surface area contributed by atoms with Gasteiger partial charge in [-0.15, -0.1) is 5.10 Å². The normalized spacial score (nSPS) is 20.5. The fourth-order valence-electron chi connectivity index (χ4n) is 2.26. The Morgan fingerprint density at radius 1 is 1.47 bits per heavy atom. The number of rotatable bonds is 3. The van der Waals surface area contributed by atoms with Crippen LogP contribution in [0.5, 0.6) is 0 Å². The van der Waals surface area contributed by atoms with Gasteiger partial charge in [0.05, 0.1) is 0 Å². The summed E-state index contributed by atoms with van der Waals surface area (Å²) in [5, 5.41) is 9.24. The van der Waals surface area contributed by atoms with E-state index in [-0.39, 0.29) is 6.04 Å². The minimum absolute atomic E-state index is 0.258. The molecule has 1 aromatic rings. The van der Waals surface area contributed by atoms with E-state index in [1.807, 2.05) is 11.9 Å². The second kappa shape index (κ2) is 5.13. The second-order valence-electron chi connectivity index (χ2n) is 4.23. The van der Waals surface area contributed by atoms with E-state index in [9.17, 15) is 9.59 Å². The molecule has 0 aromatic carbocycles. The van der Waals surface area contributed by atoms with Crippen LogP contribution in [0.1, 0.15) is 19.3 Å². The van der Waals surface area contributed by atoms with Gasteiger partial charge in [-0.05, 0) is 26.3 Å². The molecular weight excluding hydrogens is 222 g/mol. The van der Waals surface area contributed by atoms with Crippen molar-refractivity contribution < 1.29 is 0 Å². The van der Waals surface area contributed by atoms with Crippen molar-refractivity contribution in [3.63, 3.8) is 0 Å². The lowest BCUT2D eigenvalue weighted by Gasteiger charge is -2.35. The van der Waals surface area contributed by atoms with Crippen LogP contribution in [0, 0.1) is 0 Å². The average Bonchev–Trinajstić information content (AvgIpc) is 2.31. The highest BCUT2D eigenvalue weighted by atomic mass is 16.2. The van der Waals surface area contributed by atoms with Crippen LogP contribution in [0.25, 0.3) is 0 Å². The van der Waals surface area contributed by atoms with Crippen LogP contribution in [0.4, 0.5) is 5.82 Å². The maximum Gasteiger partial charge on any atom is 0.342 e. The van der Waals surface area contributed by atoms with Crippen LogP contribution in [-0.2, 0) is 0 Å². The Bertz CT molecular complexity index is 478. The van der Waals surface area contributed by atoms with E-state index in [0.717, 1.165) is 32.4 Å². The molecule has 7 heteroatoms. The highest BCUT2D eigenvalue weighted by molar-refractivity contribution is 5.36. The Balaban J connectivity index is 2.29. The molecule has 0 spiro atoms. The number of aromatic nitrogens is 3. The molecule has 94 valence electrons. The van der Waals surface area contributed by atoms with Crippen molar-refractivity contribution >= 4 is 5.82 Å². The SMILES string of the molecule is CNCC1CCCCN1c1n[nH]c(=O)[nH]c1=O. The first kappa shape index (κ1) is 11.8. The Labute approximate surface area is 98.2 Å². The van der Waals surface area contributed by atoms with Gasteiger partial charge in [0, 0.05) is 19.1 Å². The van der Waals surface area contributed by atoms with Crippen LogP contribution in [0.2, 0.25) is 0 Å². The summed E-state index contributed by atoms with van der Waals surface area (Å²) in [6.45, 7) is 1.61.